The molecule has 148 valence electrons. The Bertz CT molecular complexity index is 832. The number of anilines is 1. The summed E-state index contributed by atoms with van der Waals surface area (Å²) in [6.07, 6.45) is 5.23. The van der Waals surface area contributed by atoms with Crippen LogP contribution in [0.1, 0.15) is 46.9 Å². The predicted molar refractivity (Wildman–Crippen MR) is 105 cm³/mol. The van der Waals surface area contributed by atoms with Gasteiger partial charge in [-0.1, -0.05) is 13.0 Å². The Hall–Kier alpha value is -3.09. The van der Waals surface area contributed by atoms with Gasteiger partial charge < -0.3 is 20.0 Å². The molecule has 1 atom stereocenters. The van der Waals surface area contributed by atoms with Crippen LogP contribution in [-0.2, 0) is 4.79 Å². The molecule has 28 heavy (non-hydrogen) atoms. The fraction of sp³-hybridized carbons (Fsp3) is 0.381. The van der Waals surface area contributed by atoms with Crippen molar-refractivity contribution in [1.29, 1.82) is 0 Å². The van der Waals surface area contributed by atoms with Crippen molar-refractivity contribution in [3.8, 4) is 0 Å². The van der Waals surface area contributed by atoms with Crippen molar-refractivity contribution in [2.75, 3.05) is 25.0 Å². The number of carbonyl (C=O) groups excluding carboxylic acids is 3. The van der Waals surface area contributed by atoms with Gasteiger partial charge in [-0.25, -0.2) is 0 Å². The number of amides is 3. The van der Waals surface area contributed by atoms with Crippen LogP contribution in [0, 0.1) is 5.92 Å². The molecule has 0 aliphatic carbocycles. The first kappa shape index (κ1) is 19.7. The topological polar surface area (TPSA) is 91.7 Å². The van der Waals surface area contributed by atoms with Crippen LogP contribution in [-0.4, -0.2) is 42.3 Å². The van der Waals surface area contributed by atoms with Crippen LogP contribution >= 0.6 is 0 Å². The van der Waals surface area contributed by atoms with Crippen molar-refractivity contribution in [2.24, 2.45) is 5.92 Å². The van der Waals surface area contributed by atoms with Crippen LogP contribution < -0.4 is 10.6 Å². The number of nitrogens with zero attached hydrogens (tertiary/aromatic N) is 1. The van der Waals surface area contributed by atoms with Crippen molar-refractivity contribution in [3.05, 3.63) is 54.0 Å². The van der Waals surface area contributed by atoms with Crippen LogP contribution in [0.3, 0.4) is 0 Å². The molecule has 1 saturated heterocycles. The maximum Gasteiger partial charge on any atom is 0.257 e. The average molecular weight is 383 g/mol. The van der Waals surface area contributed by atoms with Gasteiger partial charge in [-0.15, -0.1) is 0 Å². The lowest BCUT2D eigenvalue weighted by Crippen LogP contribution is -2.43. The van der Waals surface area contributed by atoms with E-state index in [1.54, 1.807) is 35.2 Å². The summed E-state index contributed by atoms with van der Waals surface area (Å²) in [5.41, 5.74) is 1.57. The molecule has 0 saturated carbocycles. The van der Waals surface area contributed by atoms with Crippen LogP contribution in [0.5, 0.6) is 0 Å². The highest BCUT2D eigenvalue weighted by atomic mass is 16.3. The highest BCUT2D eigenvalue weighted by molar-refractivity contribution is 5.98. The molecule has 3 rings (SSSR count). The molecule has 7 nitrogen and oxygen atoms in total. The number of benzene rings is 1. The van der Waals surface area contributed by atoms with Gasteiger partial charge in [0.2, 0.25) is 5.91 Å². The molecular weight excluding hydrogens is 358 g/mol. The van der Waals surface area contributed by atoms with Crippen molar-refractivity contribution in [1.82, 2.24) is 10.2 Å². The van der Waals surface area contributed by atoms with Crippen molar-refractivity contribution < 1.29 is 18.8 Å². The van der Waals surface area contributed by atoms with E-state index >= 15 is 0 Å². The van der Waals surface area contributed by atoms with Gasteiger partial charge in [-0.05, 0) is 43.5 Å². The van der Waals surface area contributed by atoms with Gasteiger partial charge in [-0.2, -0.15) is 0 Å². The minimum Gasteiger partial charge on any atom is -0.472 e. The van der Waals surface area contributed by atoms with Gasteiger partial charge in [-0.3, -0.25) is 14.4 Å². The Kier molecular flexibility index (Phi) is 6.47. The Morgan fingerprint density at radius 2 is 2.07 bits per heavy atom. The molecule has 2 aromatic rings. The number of likely N-dealkylation sites (tertiary alicyclic amines) is 1. The minimum atomic E-state index is -0.290. The lowest BCUT2D eigenvalue weighted by atomic mass is 9.96. The fourth-order valence-electron chi connectivity index (χ4n) is 3.27. The molecule has 2 heterocycles. The molecule has 0 spiro atoms. The van der Waals surface area contributed by atoms with E-state index in [9.17, 15) is 14.4 Å². The molecule has 1 aromatic heterocycles. The first-order valence-electron chi connectivity index (χ1n) is 9.59. The fourth-order valence-corrected chi connectivity index (χ4v) is 3.27. The molecule has 1 fully saturated rings. The van der Waals surface area contributed by atoms with E-state index in [2.05, 4.69) is 10.6 Å². The number of hydrogen-bond donors (Lipinski definition) is 2. The monoisotopic (exact) mass is 383 g/mol. The summed E-state index contributed by atoms with van der Waals surface area (Å²) in [5, 5.41) is 5.70. The van der Waals surface area contributed by atoms with Gasteiger partial charge in [0.1, 0.15) is 6.26 Å². The summed E-state index contributed by atoms with van der Waals surface area (Å²) >= 11 is 0. The molecule has 0 bridgehead atoms. The summed E-state index contributed by atoms with van der Waals surface area (Å²) in [7, 11) is 0. The average Bonchev–Trinajstić information content (AvgIpc) is 3.26. The summed E-state index contributed by atoms with van der Waals surface area (Å²) < 4.78 is 4.98. The van der Waals surface area contributed by atoms with E-state index in [1.165, 1.54) is 12.5 Å². The summed E-state index contributed by atoms with van der Waals surface area (Å²) in [6, 6.07) is 8.51. The normalized spacial score (nSPS) is 16.5. The highest BCUT2D eigenvalue weighted by Gasteiger charge is 2.29. The maximum atomic E-state index is 12.7. The first-order chi connectivity index (χ1) is 13.6. The standard InChI is InChI=1S/C21H25N3O4/c1-2-9-22-19(25)15-5-3-7-18(12-15)23-20(26)16-6-4-10-24(13-16)21(27)17-8-11-28-14-17/h3,5,7-8,11-12,14,16H,2,4,6,9-10,13H2,1H3,(H,22,25)(H,23,26). The van der Waals surface area contributed by atoms with E-state index in [1.807, 2.05) is 6.92 Å². The Labute approximate surface area is 164 Å². The predicted octanol–water partition coefficient (Wildman–Crippen LogP) is 2.91. The number of piperidine rings is 1. The zero-order chi connectivity index (χ0) is 19.9. The van der Waals surface area contributed by atoms with E-state index in [-0.39, 0.29) is 23.6 Å². The molecule has 1 aliphatic rings. The van der Waals surface area contributed by atoms with E-state index in [4.69, 9.17) is 4.42 Å². The third-order valence-corrected chi connectivity index (χ3v) is 4.78. The molecule has 1 unspecified atom stereocenters. The maximum absolute atomic E-state index is 12.7. The van der Waals surface area contributed by atoms with E-state index in [0.29, 0.717) is 36.4 Å². The van der Waals surface area contributed by atoms with Gasteiger partial charge >= 0.3 is 0 Å². The molecule has 1 aromatic carbocycles. The minimum absolute atomic E-state index is 0.124. The molecule has 2 N–H and O–H groups in total. The Balaban J connectivity index is 1.61. The molecule has 3 amide bonds. The third-order valence-electron chi connectivity index (χ3n) is 4.78. The van der Waals surface area contributed by atoms with E-state index < -0.39 is 0 Å². The summed E-state index contributed by atoms with van der Waals surface area (Å²) in [5.74, 6) is -0.716. The Morgan fingerprint density at radius 1 is 1.21 bits per heavy atom. The van der Waals surface area contributed by atoms with Crippen LogP contribution in [0.2, 0.25) is 0 Å². The van der Waals surface area contributed by atoms with E-state index in [0.717, 1.165) is 19.3 Å². The second kappa shape index (κ2) is 9.21. The third kappa shape index (κ3) is 4.79. The first-order valence-corrected chi connectivity index (χ1v) is 9.59. The summed E-state index contributed by atoms with van der Waals surface area (Å²) in [4.78, 5) is 39.0. The lowest BCUT2D eigenvalue weighted by molar-refractivity contribution is -0.121. The number of hydrogen-bond acceptors (Lipinski definition) is 4. The molecule has 7 heteroatoms. The SMILES string of the molecule is CCCNC(=O)c1cccc(NC(=O)C2CCCN(C(=O)c3ccoc3)C2)c1. The largest absolute Gasteiger partial charge is 0.472 e. The zero-order valence-corrected chi connectivity index (χ0v) is 15.9. The smallest absolute Gasteiger partial charge is 0.257 e. The Morgan fingerprint density at radius 3 is 2.82 bits per heavy atom. The van der Waals surface area contributed by atoms with Crippen molar-refractivity contribution >= 4 is 23.4 Å². The quantitative estimate of drug-likeness (QED) is 0.802. The second-order valence-corrected chi connectivity index (χ2v) is 6.93. The number of furan rings is 1. The van der Waals surface area contributed by atoms with Crippen molar-refractivity contribution in [3.63, 3.8) is 0 Å². The van der Waals surface area contributed by atoms with Gasteiger partial charge in [0.05, 0.1) is 17.7 Å². The van der Waals surface area contributed by atoms with Crippen LogP contribution in [0.4, 0.5) is 5.69 Å². The number of carbonyl (C=O) groups is 3. The summed E-state index contributed by atoms with van der Waals surface area (Å²) in [6.45, 7) is 3.59. The number of nitrogens with one attached hydrogen (secondary N) is 2. The van der Waals surface area contributed by atoms with Crippen LogP contribution in [0.25, 0.3) is 0 Å². The van der Waals surface area contributed by atoms with Gasteiger partial charge in [0, 0.05) is 30.9 Å². The zero-order valence-electron chi connectivity index (χ0n) is 15.9. The van der Waals surface area contributed by atoms with Crippen LogP contribution in [0.15, 0.2) is 47.3 Å². The molecule has 1 aliphatic heterocycles. The van der Waals surface area contributed by atoms with Crippen molar-refractivity contribution in [2.45, 2.75) is 26.2 Å². The second-order valence-electron chi connectivity index (χ2n) is 6.93. The highest BCUT2D eigenvalue weighted by Crippen LogP contribution is 2.21. The molecular formula is C21H25N3O4. The molecule has 0 radical (unpaired) electrons. The van der Waals surface area contributed by atoms with Gasteiger partial charge in [0.15, 0.2) is 0 Å². The lowest BCUT2D eigenvalue weighted by Gasteiger charge is -2.31. The van der Waals surface area contributed by atoms with Gasteiger partial charge in [0.25, 0.3) is 11.8 Å². The number of rotatable bonds is 6.